The Hall–Kier alpha value is -1.95. The molecule has 7 heteroatoms. The van der Waals surface area contributed by atoms with Gasteiger partial charge in [0, 0.05) is 12.7 Å². The van der Waals surface area contributed by atoms with Crippen LogP contribution in [-0.4, -0.2) is 17.3 Å². The first-order valence-corrected chi connectivity index (χ1v) is 16.3. The number of pyridine rings is 1. The number of nitrogens with two attached hydrogens (primary N) is 1. The first-order valence-electron chi connectivity index (χ1n) is 13.2. The van der Waals surface area contributed by atoms with Crippen LogP contribution in [0.1, 0.15) is 18.5 Å². The van der Waals surface area contributed by atoms with E-state index < -0.39 is 0 Å². The van der Waals surface area contributed by atoms with E-state index in [9.17, 15) is 0 Å². The molecule has 41 heavy (non-hydrogen) atoms. The average Bonchev–Trinajstić information content (AvgIpc) is 3.01. The molecule has 0 fully saturated rings. The summed E-state index contributed by atoms with van der Waals surface area (Å²) in [5, 5.41) is 5.97. The second-order valence-corrected chi connectivity index (χ2v) is 13.5. The van der Waals surface area contributed by atoms with E-state index in [1.807, 2.05) is 18.2 Å². The number of halogens is 2. The van der Waals surface area contributed by atoms with Gasteiger partial charge in [-0.25, -0.2) is 0 Å². The minimum absolute atomic E-state index is 0. The zero-order valence-electron chi connectivity index (χ0n) is 22.9. The fourth-order valence-corrected chi connectivity index (χ4v) is 9.14. The van der Waals surface area contributed by atoms with Gasteiger partial charge in [-0.15, -0.1) is 0 Å². The molecule has 0 bridgehead atoms. The van der Waals surface area contributed by atoms with Crippen LogP contribution in [0.4, 0.5) is 0 Å². The topological polar surface area (TPSA) is 38.9 Å². The molecule has 0 unspecified atom stereocenters. The van der Waals surface area contributed by atoms with Crippen molar-refractivity contribution in [3.63, 3.8) is 0 Å². The van der Waals surface area contributed by atoms with Gasteiger partial charge in [-0.3, -0.25) is 4.98 Å². The van der Waals surface area contributed by atoms with Gasteiger partial charge in [0.2, 0.25) is 0 Å². The summed E-state index contributed by atoms with van der Waals surface area (Å²) in [5.74, 6) is 0. The predicted molar refractivity (Wildman–Crippen MR) is 169 cm³/mol. The normalized spacial score (nSPS) is 9.93. The van der Waals surface area contributed by atoms with E-state index in [1.165, 1.54) is 46.4 Å². The molecule has 0 radical (unpaired) electrons. The molecule has 5 aromatic rings. The van der Waals surface area contributed by atoms with Crippen LogP contribution in [0.15, 0.2) is 146 Å². The van der Waals surface area contributed by atoms with E-state index >= 15 is 0 Å². The second kappa shape index (κ2) is 21.7. The molecule has 4 aromatic carbocycles. The van der Waals surface area contributed by atoms with Crippen molar-refractivity contribution < 1.29 is 44.3 Å². The van der Waals surface area contributed by atoms with Gasteiger partial charge < -0.3 is 30.5 Å². The summed E-state index contributed by atoms with van der Waals surface area (Å²) in [6, 6.07) is 50.0. The van der Waals surface area contributed by atoms with Gasteiger partial charge in [0.1, 0.15) is 0 Å². The smallest absolute Gasteiger partial charge is 1.00 e. The van der Waals surface area contributed by atoms with Crippen molar-refractivity contribution in [3.05, 3.63) is 151 Å². The van der Waals surface area contributed by atoms with Crippen LogP contribution in [0.2, 0.25) is 0 Å². The third kappa shape index (κ3) is 12.4. The van der Waals surface area contributed by atoms with Crippen LogP contribution in [0.3, 0.4) is 0 Å². The third-order valence-corrected chi connectivity index (χ3v) is 11.4. The Bertz CT molecular complexity index is 1140. The molecule has 0 amide bonds. The van der Waals surface area contributed by atoms with Crippen molar-refractivity contribution in [2.45, 2.75) is 19.4 Å². The Labute approximate surface area is 273 Å². The van der Waals surface area contributed by atoms with Crippen molar-refractivity contribution in [3.8, 4) is 0 Å². The summed E-state index contributed by atoms with van der Waals surface area (Å²) >= 11 is 0. The maximum atomic E-state index is 5.29. The van der Waals surface area contributed by atoms with Gasteiger partial charge >= 0.3 is 19.5 Å². The number of rotatable bonds is 10. The Morgan fingerprint density at radius 3 is 1.02 bits per heavy atom. The van der Waals surface area contributed by atoms with E-state index in [1.54, 1.807) is 6.20 Å². The molecule has 0 saturated heterocycles. The van der Waals surface area contributed by atoms with Gasteiger partial charge in [-0.05, 0) is 74.4 Å². The monoisotopic (exact) mass is 706 g/mol. The standard InChI is InChI=1S/C28H28P2.C6H8N2.2ClH.Ru/c1-5-15-25(16-6-1)29(26-17-7-2-8-18-26)23-13-14-24-30(27-19-9-3-10-20-27)28-21-11-4-12-22-28;7-5-6-3-1-2-4-8-6;;;/h1-12,15-22H,13-14,23-24H2;1-4H,5,7H2;2*1H;/q;;;;+2/p-2. The van der Waals surface area contributed by atoms with Crippen molar-refractivity contribution >= 4 is 37.1 Å². The van der Waals surface area contributed by atoms with Crippen LogP contribution in [0.25, 0.3) is 0 Å². The minimum Gasteiger partial charge on any atom is -1.00 e. The molecule has 0 aliphatic heterocycles. The number of hydrogen-bond acceptors (Lipinski definition) is 2. The molecule has 214 valence electrons. The van der Waals surface area contributed by atoms with E-state index in [-0.39, 0.29) is 60.1 Å². The number of aromatic nitrogens is 1. The first kappa shape index (κ1) is 37.1. The zero-order chi connectivity index (χ0) is 26.3. The molecule has 0 aliphatic rings. The molecule has 0 atom stereocenters. The van der Waals surface area contributed by atoms with Crippen LogP contribution >= 0.6 is 15.8 Å². The van der Waals surface area contributed by atoms with Crippen molar-refractivity contribution in [1.29, 1.82) is 0 Å². The summed E-state index contributed by atoms with van der Waals surface area (Å²) in [6.07, 6.45) is 6.80. The van der Waals surface area contributed by atoms with E-state index in [0.717, 1.165) is 5.69 Å². The Kier molecular flexibility index (Phi) is 19.6. The van der Waals surface area contributed by atoms with Crippen LogP contribution in [0.5, 0.6) is 0 Å². The quantitative estimate of drug-likeness (QED) is 0.131. The second-order valence-electron chi connectivity index (χ2n) is 8.88. The SMILES string of the molecule is NCc1ccccn1.[Cl-].[Cl-].[Ru+2].c1ccc(P(CCCCP(c2ccccc2)c2ccccc2)c2ccccc2)cc1. The van der Waals surface area contributed by atoms with E-state index in [0.29, 0.717) is 6.54 Å². The molecule has 5 rings (SSSR count). The summed E-state index contributed by atoms with van der Waals surface area (Å²) < 4.78 is 0. The van der Waals surface area contributed by atoms with Gasteiger partial charge in [-0.1, -0.05) is 127 Å². The maximum absolute atomic E-state index is 5.29. The number of nitrogens with zero attached hydrogens (tertiary/aromatic N) is 1. The molecule has 0 aliphatic carbocycles. The average molecular weight is 707 g/mol. The molecule has 0 spiro atoms. The van der Waals surface area contributed by atoms with Crippen molar-refractivity contribution in [2.24, 2.45) is 5.73 Å². The summed E-state index contributed by atoms with van der Waals surface area (Å²) in [7, 11) is -0.566. The zero-order valence-corrected chi connectivity index (χ0v) is 28.0. The van der Waals surface area contributed by atoms with Crippen LogP contribution < -0.4 is 51.8 Å². The largest absolute Gasteiger partial charge is 2.00 e. The van der Waals surface area contributed by atoms with E-state index in [2.05, 4.69) is 126 Å². The number of benzene rings is 4. The molecule has 2 N–H and O–H groups in total. The number of hydrogen-bond donors (Lipinski definition) is 1. The first-order chi connectivity index (χ1) is 18.8. The predicted octanol–water partition coefficient (Wildman–Crippen LogP) is 0.578. The molecule has 1 heterocycles. The maximum Gasteiger partial charge on any atom is 2.00 e. The van der Waals surface area contributed by atoms with Crippen LogP contribution in [0, 0.1) is 0 Å². The Balaban J connectivity index is 0.000000665. The minimum atomic E-state index is -0.283. The fraction of sp³-hybridized carbons (Fsp3) is 0.147. The van der Waals surface area contributed by atoms with Gasteiger partial charge in [0.25, 0.3) is 0 Å². The van der Waals surface area contributed by atoms with Gasteiger partial charge in [-0.2, -0.15) is 0 Å². The summed E-state index contributed by atoms with van der Waals surface area (Å²) in [6.45, 7) is 0.529. The van der Waals surface area contributed by atoms with Gasteiger partial charge in [0.15, 0.2) is 0 Å². The molecular formula is C34H36Cl2N2P2Ru. The van der Waals surface area contributed by atoms with Crippen LogP contribution in [-0.2, 0) is 26.0 Å². The number of unbranched alkanes of at least 4 members (excludes halogenated alkanes) is 1. The van der Waals surface area contributed by atoms with E-state index in [4.69, 9.17) is 5.73 Å². The Morgan fingerprint density at radius 1 is 0.463 bits per heavy atom. The Morgan fingerprint density at radius 2 is 0.780 bits per heavy atom. The van der Waals surface area contributed by atoms with Gasteiger partial charge in [0.05, 0.1) is 5.69 Å². The molecule has 1 aromatic heterocycles. The summed E-state index contributed by atoms with van der Waals surface area (Å²) in [4.78, 5) is 3.97. The summed E-state index contributed by atoms with van der Waals surface area (Å²) in [5.41, 5.74) is 6.22. The molecule has 0 saturated carbocycles. The third-order valence-electron chi connectivity index (χ3n) is 6.22. The molecular weight excluding hydrogens is 670 g/mol. The van der Waals surface area contributed by atoms with Crippen molar-refractivity contribution in [1.82, 2.24) is 4.98 Å². The van der Waals surface area contributed by atoms with Crippen molar-refractivity contribution in [2.75, 3.05) is 12.3 Å². The fourth-order valence-electron chi connectivity index (χ4n) is 4.31. The molecule has 2 nitrogen and oxygen atoms in total.